The lowest BCUT2D eigenvalue weighted by Crippen LogP contribution is -2.38. The van der Waals surface area contributed by atoms with Gasteiger partial charge in [0.25, 0.3) is 0 Å². The van der Waals surface area contributed by atoms with Gasteiger partial charge in [0, 0.05) is 25.3 Å². The van der Waals surface area contributed by atoms with Crippen LogP contribution in [0.1, 0.15) is 31.7 Å². The standard InChI is InChI=1S/C16H25N3O/c1-3-19(4-2)12-11-18-16(20)14-9-10-17-15-8-6-5-7-13(14)15/h5-8,14,17H,3-4,9-12H2,1-2H3,(H,18,20). The number of likely N-dealkylation sites (N-methyl/N-ethyl adjacent to an activating group) is 1. The lowest BCUT2D eigenvalue weighted by Gasteiger charge is -2.26. The monoisotopic (exact) mass is 275 g/mol. The Bertz CT molecular complexity index is 443. The molecule has 1 atom stereocenters. The fourth-order valence-electron chi connectivity index (χ4n) is 2.74. The highest BCUT2D eigenvalue weighted by Gasteiger charge is 2.25. The molecule has 0 fully saturated rings. The van der Waals surface area contributed by atoms with E-state index in [-0.39, 0.29) is 11.8 Å². The van der Waals surface area contributed by atoms with Crippen LogP contribution in [0.2, 0.25) is 0 Å². The van der Waals surface area contributed by atoms with Crippen molar-refractivity contribution in [3.8, 4) is 0 Å². The van der Waals surface area contributed by atoms with E-state index in [0.29, 0.717) is 0 Å². The molecule has 0 aliphatic carbocycles. The van der Waals surface area contributed by atoms with E-state index in [1.807, 2.05) is 18.2 Å². The van der Waals surface area contributed by atoms with E-state index in [2.05, 4.69) is 35.4 Å². The van der Waals surface area contributed by atoms with Gasteiger partial charge in [-0.3, -0.25) is 4.79 Å². The zero-order chi connectivity index (χ0) is 14.4. The van der Waals surface area contributed by atoms with Gasteiger partial charge in [-0.1, -0.05) is 32.0 Å². The van der Waals surface area contributed by atoms with Crippen LogP contribution < -0.4 is 10.6 Å². The van der Waals surface area contributed by atoms with Gasteiger partial charge in [0.15, 0.2) is 0 Å². The molecule has 1 unspecified atom stereocenters. The first kappa shape index (κ1) is 14.9. The first-order chi connectivity index (χ1) is 9.76. The molecule has 4 heteroatoms. The Labute approximate surface area is 121 Å². The molecule has 20 heavy (non-hydrogen) atoms. The average molecular weight is 275 g/mol. The molecular weight excluding hydrogens is 250 g/mol. The molecule has 1 amide bonds. The summed E-state index contributed by atoms with van der Waals surface area (Å²) in [5.41, 5.74) is 2.22. The van der Waals surface area contributed by atoms with E-state index in [1.54, 1.807) is 0 Å². The van der Waals surface area contributed by atoms with E-state index in [4.69, 9.17) is 0 Å². The summed E-state index contributed by atoms with van der Waals surface area (Å²) in [5.74, 6) is 0.148. The summed E-state index contributed by atoms with van der Waals surface area (Å²) in [4.78, 5) is 14.7. The van der Waals surface area contributed by atoms with Crippen LogP contribution in [0.3, 0.4) is 0 Å². The molecule has 1 aliphatic heterocycles. The van der Waals surface area contributed by atoms with Crippen LogP contribution in [-0.2, 0) is 4.79 Å². The number of hydrogen-bond acceptors (Lipinski definition) is 3. The maximum Gasteiger partial charge on any atom is 0.227 e. The number of hydrogen-bond donors (Lipinski definition) is 2. The molecule has 2 N–H and O–H groups in total. The Morgan fingerprint density at radius 1 is 1.35 bits per heavy atom. The van der Waals surface area contributed by atoms with Gasteiger partial charge in [0.05, 0.1) is 5.92 Å². The highest BCUT2D eigenvalue weighted by molar-refractivity contribution is 5.86. The molecule has 1 aromatic carbocycles. The predicted molar refractivity (Wildman–Crippen MR) is 83.1 cm³/mol. The first-order valence-corrected chi connectivity index (χ1v) is 7.59. The van der Waals surface area contributed by atoms with Crippen LogP contribution in [0.15, 0.2) is 24.3 Å². The molecule has 110 valence electrons. The Balaban J connectivity index is 1.91. The number of rotatable bonds is 6. The average Bonchev–Trinajstić information content (AvgIpc) is 2.51. The third-order valence-corrected chi connectivity index (χ3v) is 4.02. The Morgan fingerprint density at radius 3 is 2.85 bits per heavy atom. The molecule has 0 bridgehead atoms. The van der Waals surface area contributed by atoms with Crippen LogP contribution >= 0.6 is 0 Å². The van der Waals surface area contributed by atoms with E-state index in [1.165, 1.54) is 0 Å². The maximum absolute atomic E-state index is 12.4. The summed E-state index contributed by atoms with van der Waals surface area (Å²) < 4.78 is 0. The summed E-state index contributed by atoms with van der Waals surface area (Å²) in [6, 6.07) is 8.11. The van der Waals surface area contributed by atoms with Crippen molar-refractivity contribution in [1.29, 1.82) is 0 Å². The SMILES string of the molecule is CCN(CC)CCNC(=O)C1CCNc2ccccc21. The molecule has 1 heterocycles. The lowest BCUT2D eigenvalue weighted by molar-refractivity contribution is -0.122. The molecule has 4 nitrogen and oxygen atoms in total. The Hall–Kier alpha value is -1.55. The lowest BCUT2D eigenvalue weighted by atomic mass is 9.90. The van der Waals surface area contributed by atoms with Gasteiger partial charge in [-0.25, -0.2) is 0 Å². The zero-order valence-electron chi connectivity index (χ0n) is 12.5. The predicted octanol–water partition coefficient (Wildman–Crippen LogP) is 2.04. The smallest absolute Gasteiger partial charge is 0.227 e. The second-order valence-electron chi connectivity index (χ2n) is 5.17. The number of nitrogens with zero attached hydrogens (tertiary/aromatic N) is 1. The molecule has 0 saturated heterocycles. The van der Waals surface area contributed by atoms with Gasteiger partial charge >= 0.3 is 0 Å². The van der Waals surface area contributed by atoms with Gasteiger partial charge in [-0.2, -0.15) is 0 Å². The number of fused-ring (bicyclic) bond motifs is 1. The van der Waals surface area contributed by atoms with Crippen LogP contribution in [-0.4, -0.2) is 43.5 Å². The minimum absolute atomic E-state index is 0.0100. The van der Waals surface area contributed by atoms with Crippen LogP contribution in [0, 0.1) is 0 Å². The molecule has 0 radical (unpaired) electrons. The quantitative estimate of drug-likeness (QED) is 0.835. The molecule has 1 aromatic rings. The first-order valence-electron chi connectivity index (χ1n) is 7.59. The van der Waals surface area contributed by atoms with Gasteiger partial charge in [0.2, 0.25) is 5.91 Å². The molecule has 0 spiro atoms. The minimum atomic E-state index is -0.0100. The van der Waals surface area contributed by atoms with E-state index >= 15 is 0 Å². The largest absolute Gasteiger partial charge is 0.385 e. The maximum atomic E-state index is 12.4. The minimum Gasteiger partial charge on any atom is -0.385 e. The van der Waals surface area contributed by atoms with Crippen LogP contribution in [0.5, 0.6) is 0 Å². The molecule has 0 aromatic heterocycles. The number of benzene rings is 1. The van der Waals surface area contributed by atoms with Crippen molar-refractivity contribution in [1.82, 2.24) is 10.2 Å². The summed E-state index contributed by atoms with van der Waals surface area (Å²) in [6.45, 7) is 8.87. The van der Waals surface area contributed by atoms with Crippen molar-refractivity contribution in [2.45, 2.75) is 26.2 Å². The van der Waals surface area contributed by atoms with Crippen molar-refractivity contribution in [2.24, 2.45) is 0 Å². The van der Waals surface area contributed by atoms with Crippen LogP contribution in [0.25, 0.3) is 0 Å². The second-order valence-corrected chi connectivity index (χ2v) is 5.17. The Kier molecular flexibility index (Phi) is 5.41. The summed E-state index contributed by atoms with van der Waals surface area (Å²) in [5, 5.41) is 6.44. The summed E-state index contributed by atoms with van der Waals surface area (Å²) >= 11 is 0. The molecule has 0 saturated carbocycles. The molecular formula is C16H25N3O. The van der Waals surface area contributed by atoms with Gasteiger partial charge in [-0.05, 0) is 31.1 Å². The number of nitrogens with one attached hydrogen (secondary N) is 2. The third-order valence-electron chi connectivity index (χ3n) is 4.02. The van der Waals surface area contributed by atoms with E-state index < -0.39 is 0 Å². The summed E-state index contributed by atoms with van der Waals surface area (Å²) in [7, 11) is 0. The topological polar surface area (TPSA) is 44.4 Å². The highest BCUT2D eigenvalue weighted by Crippen LogP contribution is 2.31. The third kappa shape index (κ3) is 3.51. The van der Waals surface area contributed by atoms with E-state index in [0.717, 1.165) is 50.4 Å². The zero-order valence-corrected chi connectivity index (χ0v) is 12.5. The van der Waals surface area contributed by atoms with Gasteiger partial charge in [-0.15, -0.1) is 0 Å². The molecule has 2 rings (SSSR count). The fraction of sp³-hybridized carbons (Fsp3) is 0.562. The van der Waals surface area contributed by atoms with Crippen molar-refractivity contribution in [3.63, 3.8) is 0 Å². The van der Waals surface area contributed by atoms with Crippen molar-refractivity contribution < 1.29 is 4.79 Å². The number of carbonyl (C=O) groups is 1. The van der Waals surface area contributed by atoms with Crippen molar-refractivity contribution in [3.05, 3.63) is 29.8 Å². The highest BCUT2D eigenvalue weighted by atomic mass is 16.1. The van der Waals surface area contributed by atoms with Gasteiger partial charge in [0.1, 0.15) is 0 Å². The number of carbonyl (C=O) groups excluding carboxylic acids is 1. The van der Waals surface area contributed by atoms with Gasteiger partial charge < -0.3 is 15.5 Å². The number of para-hydroxylation sites is 1. The van der Waals surface area contributed by atoms with Crippen molar-refractivity contribution >= 4 is 11.6 Å². The summed E-state index contributed by atoms with van der Waals surface area (Å²) in [6.07, 6.45) is 0.869. The second kappa shape index (κ2) is 7.29. The van der Waals surface area contributed by atoms with Crippen LogP contribution in [0.4, 0.5) is 5.69 Å². The van der Waals surface area contributed by atoms with Crippen molar-refractivity contribution in [2.75, 3.05) is 38.0 Å². The number of amides is 1. The number of anilines is 1. The van der Waals surface area contributed by atoms with E-state index in [9.17, 15) is 4.79 Å². The Morgan fingerprint density at radius 2 is 2.10 bits per heavy atom. The molecule has 1 aliphatic rings. The fourth-order valence-corrected chi connectivity index (χ4v) is 2.74. The normalized spacial score (nSPS) is 17.4.